The predicted octanol–water partition coefficient (Wildman–Crippen LogP) is 6.02. The number of sulfone groups is 1. The highest BCUT2D eigenvalue weighted by molar-refractivity contribution is 7.91. The van der Waals surface area contributed by atoms with Crippen LogP contribution < -0.4 is 15.8 Å². The van der Waals surface area contributed by atoms with Crippen molar-refractivity contribution >= 4 is 44.0 Å². The number of halogens is 1. The lowest BCUT2D eigenvalue weighted by Crippen LogP contribution is -2.45. The highest BCUT2D eigenvalue weighted by atomic mass is 32.2. The molecule has 0 fully saturated rings. The summed E-state index contributed by atoms with van der Waals surface area (Å²) in [5, 5.41) is 4.64. The average Bonchev–Trinajstić information content (AvgIpc) is 3.07. The number of fused-ring (bicyclic) bond motifs is 1. The van der Waals surface area contributed by atoms with Crippen LogP contribution in [0.4, 0.5) is 15.9 Å². The summed E-state index contributed by atoms with van der Waals surface area (Å²) >= 11 is 0. The number of ether oxygens (including phenoxy) is 2. The van der Waals surface area contributed by atoms with Gasteiger partial charge >= 0.3 is 5.97 Å². The summed E-state index contributed by atoms with van der Waals surface area (Å²) in [5.41, 5.74) is 7.35. The van der Waals surface area contributed by atoms with E-state index in [0.29, 0.717) is 29.7 Å². The van der Waals surface area contributed by atoms with Gasteiger partial charge < -0.3 is 25.4 Å². The van der Waals surface area contributed by atoms with E-state index in [1.54, 1.807) is 61.7 Å². The number of methoxy groups -OCH3 is 1. The number of esters is 1. The third-order valence-electron chi connectivity index (χ3n) is 7.92. The minimum Gasteiger partial charge on any atom is -0.494 e. The van der Waals surface area contributed by atoms with E-state index >= 15 is 4.39 Å². The van der Waals surface area contributed by atoms with Crippen molar-refractivity contribution in [3.8, 4) is 5.75 Å². The van der Waals surface area contributed by atoms with Crippen molar-refractivity contribution in [2.24, 2.45) is 0 Å². The number of benzene rings is 3. The van der Waals surface area contributed by atoms with Crippen LogP contribution in [0.15, 0.2) is 71.8 Å². The number of nitrogens with one attached hydrogen (secondary N) is 1. The molecule has 1 aromatic heterocycles. The van der Waals surface area contributed by atoms with Crippen LogP contribution in [0.25, 0.3) is 10.8 Å². The topological polar surface area (TPSA) is 141 Å². The van der Waals surface area contributed by atoms with Crippen LogP contribution >= 0.6 is 0 Å². The second kappa shape index (κ2) is 15.3. The number of anilines is 2. The number of nitrogens with zero attached hydrogens (tertiary/aromatic N) is 2. The quantitative estimate of drug-likeness (QED) is 0.155. The SMILES string of the molecule is CCCN(C(=O)[C@@H](Nc1ccc2c(N)nccc2c1)c1cc(CC)cc(OC)c1F)[C@H](C(=O)OCC)c1ccccc1S(=O)(=O)CC. The number of aromatic nitrogens is 1. The van der Waals surface area contributed by atoms with Crippen LogP contribution in [0.3, 0.4) is 0 Å². The molecule has 1 heterocycles. The van der Waals surface area contributed by atoms with Crippen molar-refractivity contribution in [2.45, 2.75) is 57.5 Å². The van der Waals surface area contributed by atoms with Gasteiger partial charge in [-0.1, -0.05) is 45.0 Å². The largest absolute Gasteiger partial charge is 0.494 e. The number of nitrogens with two attached hydrogens (primary N) is 1. The third-order valence-corrected chi connectivity index (χ3v) is 9.72. The first-order valence-electron chi connectivity index (χ1n) is 15.6. The number of carbonyl (C=O) groups is 2. The molecule has 12 heteroatoms. The molecule has 4 rings (SSSR count). The normalized spacial score (nSPS) is 12.7. The van der Waals surface area contributed by atoms with E-state index in [1.807, 2.05) is 13.8 Å². The van der Waals surface area contributed by atoms with Crippen LogP contribution in [-0.4, -0.2) is 56.2 Å². The number of hydrogen-bond donors (Lipinski definition) is 2. The Bertz CT molecular complexity index is 1870. The minimum atomic E-state index is -3.82. The number of rotatable bonds is 14. The Morgan fingerprint density at radius 3 is 2.43 bits per heavy atom. The summed E-state index contributed by atoms with van der Waals surface area (Å²) in [7, 11) is -2.47. The van der Waals surface area contributed by atoms with Gasteiger partial charge in [0.15, 0.2) is 27.4 Å². The summed E-state index contributed by atoms with van der Waals surface area (Å²) < 4.78 is 53.4. The summed E-state index contributed by atoms with van der Waals surface area (Å²) in [5.74, 6) is -2.15. The Labute approximate surface area is 275 Å². The molecule has 1 amide bonds. The molecule has 0 unspecified atom stereocenters. The Morgan fingerprint density at radius 2 is 1.77 bits per heavy atom. The van der Waals surface area contributed by atoms with E-state index in [9.17, 15) is 18.0 Å². The van der Waals surface area contributed by atoms with E-state index < -0.39 is 39.6 Å². The molecule has 10 nitrogen and oxygen atoms in total. The summed E-state index contributed by atoms with van der Waals surface area (Å²) in [6.45, 7) is 6.88. The zero-order chi connectivity index (χ0) is 34.3. The van der Waals surface area contributed by atoms with Gasteiger partial charge in [-0.3, -0.25) is 4.79 Å². The number of nitrogen functional groups attached to an aromatic ring is 1. The fourth-order valence-electron chi connectivity index (χ4n) is 5.53. The van der Waals surface area contributed by atoms with Crippen LogP contribution in [0.2, 0.25) is 0 Å². The number of amides is 1. The van der Waals surface area contributed by atoms with Crippen LogP contribution in [0.1, 0.15) is 62.9 Å². The molecule has 3 aromatic carbocycles. The predicted molar refractivity (Wildman–Crippen MR) is 180 cm³/mol. The van der Waals surface area contributed by atoms with Crippen molar-refractivity contribution in [3.05, 3.63) is 89.4 Å². The molecule has 0 aliphatic carbocycles. The van der Waals surface area contributed by atoms with E-state index in [1.165, 1.54) is 31.1 Å². The van der Waals surface area contributed by atoms with Crippen molar-refractivity contribution in [2.75, 3.05) is 37.1 Å². The maximum atomic E-state index is 16.2. The van der Waals surface area contributed by atoms with Crippen LogP contribution in [0, 0.1) is 5.82 Å². The first kappa shape index (κ1) is 35.1. The molecule has 0 aliphatic rings. The van der Waals surface area contributed by atoms with Gasteiger partial charge in [0.1, 0.15) is 11.9 Å². The maximum Gasteiger partial charge on any atom is 0.333 e. The molecule has 0 aliphatic heterocycles. The Morgan fingerprint density at radius 1 is 1.02 bits per heavy atom. The molecule has 0 saturated heterocycles. The van der Waals surface area contributed by atoms with Gasteiger partial charge in [0.2, 0.25) is 0 Å². The lowest BCUT2D eigenvalue weighted by atomic mass is 9.97. The van der Waals surface area contributed by atoms with Gasteiger partial charge in [-0.15, -0.1) is 0 Å². The zero-order valence-corrected chi connectivity index (χ0v) is 28.1. The molecule has 0 spiro atoms. The Hall–Kier alpha value is -4.71. The molecule has 47 heavy (non-hydrogen) atoms. The number of carbonyl (C=O) groups excluding carboxylic acids is 2. The van der Waals surface area contributed by atoms with Crippen molar-refractivity contribution in [1.29, 1.82) is 0 Å². The standard InChI is InChI=1S/C35H41FN4O6S/c1-6-18-40(32(35(42)46-8-3)26-12-10-11-13-29(26)47(43,44)9-4)34(41)31(27-19-22(7-2)20-28(45-5)30(27)36)39-24-14-15-25-23(21-24)16-17-38-33(25)37/h10-17,19-21,31-32,39H,6-9,18H2,1-5H3,(H2,37,38)/t31-,32-/m0/s1. The molecule has 250 valence electrons. The highest BCUT2D eigenvalue weighted by Gasteiger charge is 2.40. The van der Waals surface area contributed by atoms with Gasteiger partial charge in [0, 0.05) is 34.9 Å². The lowest BCUT2D eigenvalue weighted by Gasteiger charge is -2.35. The maximum absolute atomic E-state index is 16.2. The van der Waals surface area contributed by atoms with Crippen molar-refractivity contribution in [3.63, 3.8) is 0 Å². The smallest absolute Gasteiger partial charge is 0.333 e. The van der Waals surface area contributed by atoms with E-state index in [4.69, 9.17) is 15.2 Å². The number of hydrogen-bond acceptors (Lipinski definition) is 9. The van der Waals surface area contributed by atoms with E-state index in [-0.39, 0.29) is 40.7 Å². The second-order valence-corrected chi connectivity index (χ2v) is 13.1. The minimum absolute atomic E-state index is 0.00119. The van der Waals surface area contributed by atoms with E-state index in [0.717, 1.165) is 10.9 Å². The summed E-state index contributed by atoms with van der Waals surface area (Å²) in [4.78, 5) is 34.0. The van der Waals surface area contributed by atoms with Gasteiger partial charge in [-0.25, -0.2) is 22.6 Å². The average molecular weight is 665 g/mol. The van der Waals surface area contributed by atoms with Gasteiger partial charge in [-0.05, 0) is 67.1 Å². The fourth-order valence-corrected chi connectivity index (χ4v) is 6.67. The summed E-state index contributed by atoms with van der Waals surface area (Å²) in [6, 6.07) is 13.4. The van der Waals surface area contributed by atoms with Gasteiger partial charge in [0.25, 0.3) is 5.91 Å². The first-order valence-corrected chi connectivity index (χ1v) is 17.2. The van der Waals surface area contributed by atoms with Gasteiger partial charge in [-0.2, -0.15) is 0 Å². The highest BCUT2D eigenvalue weighted by Crippen LogP contribution is 2.36. The monoisotopic (exact) mass is 664 g/mol. The first-order chi connectivity index (χ1) is 22.5. The van der Waals surface area contributed by atoms with E-state index in [2.05, 4.69) is 10.3 Å². The van der Waals surface area contributed by atoms with Gasteiger partial charge in [0.05, 0.1) is 24.4 Å². The molecular weight excluding hydrogens is 623 g/mol. The van der Waals surface area contributed by atoms with Crippen LogP contribution in [0.5, 0.6) is 5.75 Å². The van der Waals surface area contributed by atoms with Crippen molar-refractivity contribution in [1.82, 2.24) is 9.88 Å². The molecular formula is C35H41FN4O6S. The zero-order valence-electron chi connectivity index (χ0n) is 27.2. The third kappa shape index (κ3) is 7.48. The lowest BCUT2D eigenvalue weighted by molar-refractivity contribution is -0.155. The molecule has 0 saturated carbocycles. The molecule has 2 atom stereocenters. The van der Waals surface area contributed by atoms with Crippen LogP contribution in [-0.2, 0) is 30.6 Å². The molecule has 0 radical (unpaired) electrons. The summed E-state index contributed by atoms with van der Waals surface area (Å²) in [6.07, 6.45) is 2.49. The molecule has 0 bridgehead atoms. The number of aryl methyl sites for hydroxylation is 1. The van der Waals surface area contributed by atoms with Crippen molar-refractivity contribution < 1.29 is 31.9 Å². The molecule has 4 aromatic rings. The Kier molecular flexibility index (Phi) is 11.4. The Balaban J connectivity index is 1.96. The number of pyridine rings is 1. The molecule has 3 N–H and O–H groups in total. The fraction of sp³-hybridized carbons (Fsp3) is 0.343. The second-order valence-electron chi connectivity index (χ2n) is 10.9.